The quantitative estimate of drug-likeness (QED) is 0.446. The van der Waals surface area contributed by atoms with E-state index >= 15 is 0 Å². The van der Waals surface area contributed by atoms with Gasteiger partial charge in [-0.2, -0.15) is 0 Å². The van der Waals surface area contributed by atoms with Gasteiger partial charge in [0.1, 0.15) is 11.5 Å². The second-order valence-electron chi connectivity index (χ2n) is 8.18. The van der Waals surface area contributed by atoms with Gasteiger partial charge in [0.05, 0.1) is 17.1 Å². The number of imidazole rings is 1. The molecule has 0 atom stereocenters. The molecule has 31 heavy (non-hydrogen) atoms. The summed E-state index contributed by atoms with van der Waals surface area (Å²) in [5.41, 5.74) is 5.14. The van der Waals surface area contributed by atoms with E-state index in [0.29, 0.717) is 12.0 Å². The van der Waals surface area contributed by atoms with Crippen LogP contribution in [0.15, 0.2) is 54.9 Å². The smallest absolute Gasteiger partial charge is 0.223 e. The van der Waals surface area contributed by atoms with Gasteiger partial charge >= 0.3 is 0 Å². The summed E-state index contributed by atoms with van der Waals surface area (Å²) in [7, 11) is 0. The van der Waals surface area contributed by atoms with Gasteiger partial charge in [0.2, 0.25) is 5.95 Å². The van der Waals surface area contributed by atoms with Crippen LogP contribution in [0.5, 0.6) is 0 Å². The van der Waals surface area contributed by atoms with Crippen molar-refractivity contribution in [2.75, 3.05) is 5.32 Å². The lowest BCUT2D eigenvalue weighted by Crippen LogP contribution is -2.21. The molecule has 0 spiro atoms. The van der Waals surface area contributed by atoms with Crippen molar-refractivity contribution in [2.24, 2.45) is 0 Å². The van der Waals surface area contributed by atoms with Crippen LogP contribution in [-0.2, 0) is 6.54 Å². The maximum atomic E-state index is 13.5. The van der Waals surface area contributed by atoms with Crippen LogP contribution in [0.3, 0.4) is 0 Å². The molecule has 0 fully saturated rings. The monoisotopic (exact) mass is 418 g/mol. The highest BCUT2D eigenvalue weighted by Crippen LogP contribution is 2.32. The summed E-state index contributed by atoms with van der Waals surface area (Å²) in [5, 5.41) is 6.68. The zero-order valence-corrected chi connectivity index (χ0v) is 18.2. The molecule has 0 saturated heterocycles. The SMILES string of the molecule is CC(C)NCc1ccn2c(-c3ccnc(NC(C)C)n3)c(-c3ccc(F)cc3)nc2c1. The third-order valence-corrected chi connectivity index (χ3v) is 4.84. The number of hydrogen-bond donors (Lipinski definition) is 2. The van der Waals surface area contributed by atoms with Crippen LogP contribution in [0.25, 0.3) is 28.3 Å². The molecule has 0 aliphatic heterocycles. The van der Waals surface area contributed by atoms with Crippen molar-refractivity contribution in [3.63, 3.8) is 0 Å². The van der Waals surface area contributed by atoms with E-state index in [9.17, 15) is 4.39 Å². The van der Waals surface area contributed by atoms with Crippen LogP contribution in [0.2, 0.25) is 0 Å². The molecular formula is C24H27FN6. The number of anilines is 1. The van der Waals surface area contributed by atoms with Crippen molar-refractivity contribution in [1.29, 1.82) is 0 Å². The van der Waals surface area contributed by atoms with E-state index in [0.717, 1.165) is 40.4 Å². The predicted octanol–water partition coefficient (Wildman–Crippen LogP) is 4.92. The molecule has 4 aromatic rings. The van der Waals surface area contributed by atoms with Crippen molar-refractivity contribution >= 4 is 11.6 Å². The van der Waals surface area contributed by atoms with Crippen LogP contribution in [-0.4, -0.2) is 31.4 Å². The maximum Gasteiger partial charge on any atom is 0.223 e. The van der Waals surface area contributed by atoms with Gasteiger partial charge in [-0.05, 0) is 61.9 Å². The number of nitrogens with one attached hydrogen (secondary N) is 2. The minimum absolute atomic E-state index is 0.213. The summed E-state index contributed by atoms with van der Waals surface area (Å²) >= 11 is 0. The Morgan fingerprint density at radius 1 is 0.968 bits per heavy atom. The first-order valence-electron chi connectivity index (χ1n) is 10.5. The zero-order valence-electron chi connectivity index (χ0n) is 18.2. The fourth-order valence-corrected chi connectivity index (χ4v) is 3.39. The second-order valence-corrected chi connectivity index (χ2v) is 8.18. The zero-order chi connectivity index (χ0) is 22.0. The Morgan fingerprint density at radius 2 is 1.74 bits per heavy atom. The largest absolute Gasteiger partial charge is 0.352 e. The molecule has 0 amide bonds. The highest BCUT2D eigenvalue weighted by molar-refractivity contribution is 5.80. The molecule has 0 bridgehead atoms. The molecule has 7 heteroatoms. The molecule has 3 heterocycles. The van der Waals surface area contributed by atoms with E-state index in [-0.39, 0.29) is 11.9 Å². The number of aromatic nitrogens is 4. The van der Waals surface area contributed by atoms with Crippen LogP contribution >= 0.6 is 0 Å². The maximum absolute atomic E-state index is 13.5. The van der Waals surface area contributed by atoms with Crippen LogP contribution in [0.1, 0.15) is 33.3 Å². The van der Waals surface area contributed by atoms with E-state index in [2.05, 4.69) is 41.6 Å². The lowest BCUT2D eigenvalue weighted by atomic mass is 10.1. The van der Waals surface area contributed by atoms with Gasteiger partial charge in [0.15, 0.2) is 0 Å². The Hall–Kier alpha value is -3.32. The normalized spacial score (nSPS) is 11.6. The molecule has 2 N–H and O–H groups in total. The number of hydrogen-bond acceptors (Lipinski definition) is 5. The third-order valence-electron chi connectivity index (χ3n) is 4.84. The standard InChI is InChI=1S/C24H27FN6/c1-15(2)27-14-17-10-12-31-21(13-17)30-22(18-5-7-19(25)8-6-18)23(31)20-9-11-26-24(29-20)28-16(3)4/h5-13,15-16,27H,14H2,1-4H3,(H,26,28,29). The molecule has 0 saturated carbocycles. The summed E-state index contributed by atoms with van der Waals surface area (Å²) in [6.45, 7) is 9.09. The lowest BCUT2D eigenvalue weighted by molar-refractivity contribution is 0.588. The number of fused-ring (bicyclic) bond motifs is 1. The first kappa shape index (κ1) is 20.9. The van der Waals surface area contributed by atoms with E-state index in [1.165, 1.54) is 12.1 Å². The van der Waals surface area contributed by atoms with Crippen molar-refractivity contribution < 1.29 is 4.39 Å². The van der Waals surface area contributed by atoms with Gasteiger partial charge in [0.25, 0.3) is 0 Å². The van der Waals surface area contributed by atoms with Crippen molar-refractivity contribution in [3.05, 3.63) is 66.2 Å². The summed E-state index contributed by atoms with van der Waals surface area (Å²) in [5.74, 6) is 0.284. The molecule has 1 aromatic carbocycles. The highest BCUT2D eigenvalue weighted by Gasteiger charge is 2.18. The average Bonchev–Trinajstić information content (AvgIpc) is 3.11. The first-order chi connectivity index (χ1) is 14.9. The number of nitrogens with zero attached hydrogens (tertiary/aromatic N) is 4. The number of pyridine rings is 1. The van der Waals surface area contributed by atoms with E-state index in [1.807, 2.05) is 30.5 Å². The van der Waals surface area contributed by atoms with E-state index in [1.54, 1.807) is 18.3 Å². The van der Waals surface area contributed by atoms with Crippen molar-refractivity contribution in [2.45, 2.75) is 46.3 Å². The minimum atomic E-state index is -0.276. The van der Waals surface area contributed by atoms with Gasteiger partial charge in [-0.1, -0.05) is 13.8 Å². The number of rotatable bonds is 7. The van der Waals surface area contributed by atoms with Gasteiger partial charge < -0.3 is 10.6 Å². The predicted molar refractivity (Wildman–Crippen MR) is 122 cm³/mol. The van der Waals surface area contributed by atoms with E-state index < -0.39 is 0 Å². The van der Waals surface area contributed by atoms with Crippen LogP contribution in [0, 0.1) is 5.82 Å². The second kappa shape index (κ2) is 8.81. The van der Waals surface area contributed by atoms with Gasteiger partial charge in [0, 0.05) is 36.6 Å². The Morgan fingerprint density at radius 3 is 2.45 bits per heavy atom. The fourth-order valence-electron chi connectivity index (χ4n) is 3.39. The van der Waals surface area contributed by atoms with Crippen LogP contribution < -0.4 is 10.6 Å². The Labute approximate surface area is 181 Å². The first-order valence-corrected chi connectivity index (χ1v) is 10.5. The van der Waals surface area contributed by atoms with Crippen LogP contribution in [0.4, 0.5) is 10.3 Å². The van der Waals surface area contributed by atoms with Crippen molar-refractivity contribution in [1.82, 2.24) is 24.7 Å². The summed E-state index contributed by atoms with van der Waals surface area (Å²) in [6, 6.07) is 13.0. The molecule has 4 rings (SSSR count). The molecule has 160 valence electrons. The van der Waals surface area contributed by atoms with Gasteiger partial charge in [-0.3, -0.25) is 4.40 Å². The summed E-state index contributed by atoms with van der Waals surface area (Å²) in [4.78, 5) is 13.9. The molecule has 0 aliphatic carbocycles. The Kier molecular flexibility index (Phi) is 5.95. The summed E-state index contributed by atoms with van der Waals surface area (Å²) < 4.78 is 15.6. The molecular weight excluding hydrogens is 391 g/mol. The average molecular weight is 419 g/mol. The number of benzene rings is 1. The molecule has 3 aromatic heterocycles. The highest BCUT2D eigenvalue weighted by atomic mass is 19.1. The Bertz CT molecular complexity index is 1180. The molecule has 0 aliphatic rings. The lowest BCUT2D eigenvalue weighted by Gasteiger charge is -2.11. The van der Waals surface area contributed by atoms with E-state index in [4.69, 9.17) is 9.97 Å². The molecule has 0 radical (unpaired) electrons. The number of halogens is 1. The summed E-state index contributed by atoms with van der Waals surface area (Å²) in [6.07, 6.45) is 3.75. The topological polar surface area (TPSA) is 67.1 Å². The van der Waals surface area contributed by atoms with Gasteiger partial charge in [-0.25, -0.2) is 19.3 Å². The fraction of sp³-hybridized carbons (Fsp3) is 0.292. The van der Waals surface area contributed by atoms with Gasteiger partial charge in [-0.15, -0.1) is 0 Å². The molecule has 6 nitrogen and oxygen atoms in total. The molecule has 0 unspecified atom stereocenters. The third kappa shape index (κ3) is 4.72. The minimum Gasteiger partial charge on any atom is -0.352 e. The van der Waals surface area contributed by atoms with Crippen molar-refractivity contribution in [3.8, 4) is 22.6 Å². The Balaban J connectivity index is 1.86.